The zero-order valence-electron chi connectivity index (χ0n) is 13.4. The van der Waals surface area contributed by atoms with Crippen molar-refractivity contribution in [2.75, 3.05) is 13.2 Å². The van der Waals surface area contributed by atoms with Crippen LogP contribution in [0, 0.1) is 0 Å². The smallest absolute Gasteiger partial charge is 0.360 e. The van der Waals surface area contributed by atoms with Gasteiger partial charge in [-0.05, 0) is 26.2 Å². The molecule has 0 spiro atoms. The number of hydrogen-bond donors (Lipinski definition) is 0. The average molecular weight is 295 g/mol. The van der Waals surface area contributed by atoms with E-state index in [1.54, 1.807) is 6.92 Å². The maximum absolute atomic E-state index is 12.0. The summed E-state index contributed by atoms with van der Waals surface area (Å²) >= 11 is 0. The van der Waals surface area contributed by atoms with Gasteiger partial charge in [0.25, 0.3) is 0 Å². The molecule has 0 aliphatic carbocycles. The molecular weight excluding hydrogens is 270 g/mol. The molecule has 0 bridgehead atoms. The lowest BCUT2D eigenvalue weighted by atomic mass is 9.90. The normalized spacial score (nSPS) is 19.5. The van der Waals surface area contributed by atoms with Crippen LogP contribution in [0.5, 0.6) is 0 Å². The van der Waals surface area contributed by atoms with E-state index >= 15 is 0 Å². The first-order chi connectivity index (χ1) is 9.93. The third kappa shape index (κ3) is 3.81. The summed E-state index contributed by atoms with van der Waals surface area (Å²) in [5.41, 5.74) is 0.899. The predicted octanol–water partition coefficient (Wildman–Crippen LogP) is 2.32. The molecule has 1 aromatic rings. The summed E-state index contributed by atoms with van der Waals surface area (Å²) in [6.45, 7) is 9.70. The van der Waals surface area contributed by atoms with Crippen LogP contribution in [0.2, 0.25) is 0 Å². The van der Waals surface area contributed by atoms with Gasteiger partial charge in [0.2, 0.25) is 0 Å². The average Bonchev–Trinajstić information content (AvgIpc) is 2.84. The molecular formula is C15H25N3O3. The van der Waals surface area contributed by atoms with E-state index in [4.69, 9.17) is 9.47 Å². The van der Waals surface area contributed by atoms with Gasteiger partial charge in [0.15, 0.2) is 5.69 Å². The monoisotopic (exact) mass is 295 g/mol. The summed E-state index contributed by atoms with van der Waals surface area (Å²) in [6, 6.07) is 0. The Morgan fingerprint density at radius 2 is 2.19 bits per heavy atom. The zero-order valence-corrected chi connectivity index (χ0v) is 13.4. The molecule has 2 rings (SSSR count). The van der Waals surface area contributed by atoms with Gasteiger partial charge in [-0.25, -0.2) is 9.48 Å². The Labute approximate surface area is 125 Å². The van der Waals surface area contributed by atoms with E-state index in [1.807, 2.05) is 25.5 Å². The van der Waals surface area contributed by atoms with Crippen LogP contribution in [0.25, 0.3) is 0 Å². The van der Waals surface area contributed by atoms with Crippen molar-refractivity contribution in [2.45, 2.75) is 65.0 Å². The van der Waals surface area contributed by atoms with Crippen LogP contribution < -0.4 is 0 Å². The summed E-state index contributed by atoms with van der Waals surface area (Å²) in [5.74, 6) is -0.404. The van der Waals surface area contributed by atoms with Gasteiger partial charge in [-0.1, -0.05) is 26.0 Å². The quantitative estimate of drug-likeness (QED) is 0.798. The number of aromatic nitrogens is 3. The van der Waals surface area contributed by atoms with E-state index in [9.17, 15) is 4.79 Å². The summed E-state index contributed by atoms with van der Waals surface area (Å²) in [6.07, 6.45) is 3.47. The molecule has 0 saturated carbocycles. The molecule has 1 aliphatic heterocycles. The molecule has 6 heteroatoms. The summed E-state index contributed by atoms with van der Waals surface area (Å²) in [5, 5.41) is 8.22. The zero-order chi connectivity index (χ0) is 15.5. The second kappa shape index (κ2) is 6.56. The summed E-state index contributed by atoms with van der Waals surface area (Å²) < 4.78 is 12.7. The number of ether oxygens (including phenoxy) is 2. The van der Waals surface area contributed by atoms with Crippen LogP contribution in [0.3, 0.4) is 0 Å². The van der Waals surface area contributed by atoms with E-state index in [2.05, 4.69) is 10.3 Å². The molecule has 1 unspecified atom stereocenters. The minimum atomic E-state index is -0.404. The molecule has 0 amide bonds. The molecule has 21 heavy (non-hydrogen) atoms. The van der Waals surface area contributed by atoms with Crippen molar-refractivity contribution in [1.29, 1.82) is 0 Å². The predicted molar refractivity (Wildman–Crippen MR) is 78.3 cm³/mol. The van der Waals surface area contributed by atoms with E-state index in [1.165, 1.54) is 6.42 Å². The minimum Gasteiger partial charge on any atom is -0.461 e. The highest BCUT2D eigenvalue weighted by Crippen LogP contribution is 2.26. The Bertz CT molecular complexity index is 485. The third-order valence-electron chi connectivity index (χ3n) is 3.56. The van der Waals surface area contributed by atoms with Gasteiger partial charge in [-0.3, -0.25) is 0 Å². The number of carbonyl (C=O) groups excluding carboxylic acids is 1. The molecule has 1 saturated heterocycles. The van der Waals surface area contributed by atoms with Gasteiger partial charge >= 0.3 is 5.97 Å². The lowest BCUT2D eigenvalue weighted by Crippen LogP contribution is -2.29. The van der Waals surface area contributed by atoms with E-state index in [0.717, 1.165) is 25.1 Å². The fraction of sp³-hybridized carbons (Fsp3) is 0.800. The standard InChI is InChI=1S/C15H25N3O3/c1-5-20-14(19)12-13(15(2,3)4)18(17-16-12)10-11-8-6-7-9-21-11/h11H,5-10H2,1-4H3. The second-order valence-electron chi connectivity index (χ2n) is 6.43. The minimum absolute atomic E-state index is 0.150. The molecule has 118 valence electrons. The molecule has 0 N–H and O–H groups in total. The lowest BCUT2D eigenvalue weighted by molar-refractivity contribution is 0.00279. The highest BCUT2D eigenvalue weighted by atomic mass is 16.5. The van der Waals surface area contributed by atoms with Crippen molar-refractivity contribution in [3.8, 4) is 0 Å². The largest absolute Gasteiger partial charge is 0.461 e. The SMILES string of the molecule is CCOC(=O)c1nnn(CC2CCCCO2)c1C(C)(C)C. The van der Waals surface area contributed by atoms with E-state index < -0.39 is 5.97 Å². The lowest BCUT2D eigenvalue weighted by Gasteiger charge is -2.26. The Morgan fingerprint density at radius 3 is 2.76 bits per heavy atom. The first-order valence-electron chi connectivity index (χ1n) is 7.66. The van der Waals surface area contributed by atoms with E-state index in [-0.39, 0.29) is 11.5 Å². The number of hydrogen-bond acceptors (Lipinski definition) is 5. The number of rotatable bonds is 4. The highest BCUT2D eigenvalue weighted by Gasteiger charge is 2.31. The van der Waals surface area contributed by atoms with Gasteiger partial charge in [-0.15, -0.1) is 5.10 Å². The fourth-order valence-electron chi connectivity index (χ4n) is 2.66. The van der Waals surface area contributed by atoms with Crippen molar-refractivity contribution in [2.24, 2.45) is 0 Å². The second-order valence-corrected chi connectivity index (χ2v) is 6.43. The van der Waals surface area contributed by atoms with Gasteiger partial charge in [0.05, 0.1) is 24.9 Å². The fourth-order valence-corrected chi connectivity index (χ4v) is 2.66. The topological polar surface area (TPSA) is 66.2 Å². The summed E-state index contributed by atoms with van der Waals surface area (Å²) in [4.78, 5) is 12.0. The molecule has 2 heterocycles. The van der Waals surface area contributed by atoms with E-state index in [0.29, 0.717) is 18.8 Å². The summed E-state index contributed by atoms with van der Waals surface area (Å²) in [7, 11) is 0. The Morgan fingerprint density at radius 1 is 1.43 bits per heavy atom. The maximum Gasteiger partial charge on any atom is 0.360 e. The first-order valence-corrected chi connectivity index (χ1v) is 7.66. The van der Waals surface area contributed by atoms with Gasteiger partial charge in [0.1, 0.15) is 0 Å². The van der Waals surface area contributed by atoms with Crippen molar-refractivity contribution < 1.29 is 14.3 Å². The highest BCUT2D eigenvalue weighted by molar-refractivity contribution is 5.88. The van der Waals surface area contributed by atoms with Gasteiger partial charge in [-0.2, -0.15) is 0 Å². The molecule has 1 aliphatic rings. The van der Waals surface area contributed by atoms with Crippen LogP contribution >= 0.6 is 0 Å². The van der Waals surface area contributed by atoms with Crippen molar-refractivity contribution in [1.82, 2.24) is 15.0 Å². The van der Waals surface area contributed by atoms with Crippen molar-refractivity contribution in [3.05, 3.63) is 11.4 Å². The van der Waals surface area contributed by atoms with Crippen LogP contribution in [0.15, 0.2) is 0 Å². The number of nitrogens with zero attached hydrogens (tertiary/aromatic N) is 3. The molecule has 6 nitrogen and oxygen atoms in total. The van der Waals surface area contributed by atoms with Gasteiger partial charge in [0, 0.05) is 12.0 Å². The first kappa shape index (κ1) is 15.9. The van der Waals surface area contributed by atoms with Crippen LogP contribution in [0.4, 0.5) is 0 Å². The number of esters is 1. The Hall–Kier alpha value is -1.43. The molecule has 0 aromatic carbocycles. The van der Waals surface area contributed by atoms with Crippen LogP contribution in [0.1, 0.15) is 63.1 Å². The molecule has 1 aromatic heterocycles. The van der Waals surface area contributed by atoms with Crippen LogP contribution in [-0.4, -0.2) is 40.3 Å². The molecule has 1 atom stereocenters. The number of carbonyl (C=O) groups is 1. The molecule has 0 radical (unpaired) electrons. The van der Waals surface area contributed by atoms with Crippen molar-refractivity contribution in [3.63, 3.8) is 0 Å². The van der Waals surface area contributed by atoms with Gasteiger partial charge < -0.3 is 9.47 Å². The third-order valence-corrected chi connectivity index (χ3v) is 3.56. The molecule has 1 fully saturated rings. The Kier molecular flexibility index (Phi) is 4.98. The maximum atomic E-state index is 12.0. The van der Waals surface area contributed by atoms with Crippen LogP contribution in [-0.2, 0) is 21.4 Å². The van der Waals surface area contributed by atoms with Crippen molar-refractivity contribution >= 4 is 5.97 Å². The Balaban J connectivity index is 2.26.